The molecule has 0 aliphatic heterocycles. The van der Waals surface area contributed by atoms with Gasteiger partial charge in [0.2, 0.25) is 0 Å². The van der Waals surface area contributed by atoms with Gasteiger partial charge in [0, 0.05) is 11.2 Å². The molecule has 1 amide bonds. The first kappa shape index (κ1) is 19.3. The Bertz CT molecular complexity index is 1050. The van der Waals surface area contributed by atoms with Crippen LogP contribution in [0.1, 0.15) is 16.1 Å². The Labute approximate surface area is 159 Å². The van der Waals surface area contributed by atoms with E-state index in [4.69, 9.17) is 11.6 Å². The second kappa shape index (κ2) is 7.27. The van der Waals surface area contributed by atoms with Crippen molar-refractivity contribution in [2.24, 2.45) is 0 Å². The Morgan fingerprint density at radius 1 is 1.18 bits per heavy atom. The van der Waals surface area contributed by atoms with Crippen LogP contribution >= 0.6 is 11.6 Å². The van der Waals surface area contributed by atoms with Crippen molar-refractivity contribution in [1.29, 1.82) is 0 Å². The number of pyridine rings is 1. The molecule has 144 valence electrons. The highest BCUT2D eigenvalue weighted by Gasteiger charge is 2.40. The Balaban J connectivity index is 2.04. The molecular formula is C16H9ClF3N5O3. The van der Waals surface area contributed by atoms with E-state index in [1.165, 1.54) is 24.3 Å². The summed E-state index contributed by atoms with van der Waals surface area (Å²) in [4.78, 5) is 26.2. The second-order valence-electron chi connectivity index (χ2n) is 5.40. The fraction of sp³-hybridized carbons (Fsp3) is 0.0625. The number of anilines is 1. The van der Waals surface area contributed by atoms with Crippen LogP contribution in [0.15, 0.2) is 48.9 Å². The fourth-order valence-corrected chi connectivity index (χ4v) is 2.52. The van der Waals surface area contributed by atoms with E-state index < -0.39 is 34.0 Å². The molecule has 2 aromatic heterocycles. The van der Waals surface area contributed by atoms with Gasteiger partial charge in [0.1, 0.15) is 11.9 Å². The molecule has 0 unspecified atom stereocenters. The van der Waals surface area contributed by atoms with Crippen molar-refractivity contribution in [3.63, 3.8) is 0 Å². The van der Waals surface area contributed by atoms with Gasteiger partial charge in [-0.1, -0.05) is 11.6 Å². The van der Waals surface area contributed by atoms with Crippen LogP contribution < -0.4 is 5.32 Å². The van der Waals surface area contributed by atoms with Gasteiger partial charge < -0.3 is 5.32 Å². The van der Waals surface area contributed by atoms with Crippen LogP contribution in [0.5, 0.6) is 0 Å². The number of aromatic nitrogens is 3. The largest absolute Gasteiger partial charge is 0.434 e. The SMILES string of the molecule is O=C(Nc1ccncc1[N+](=O)[O-])c1cnn(-c2ccc(Cl)cc2)c1C(F)(F)F. The normalized spacial score (nSPS) is 11.3. The molecule has 1 aromatic carbocycles. The minimum atomic E-state index is -4.92. The molecule has 8 nitrogen and oxygen atoms in total. The average Bonchev–Trinajstić information content (AvgIpc) is 3.08. The van der Waals surface area contributed by atoms with Crippen molar-refractivity contribution < 1.29 is 22.9 Å². The van der Waals surface area contributed by atoms with Crippen LogP contribution in [0.3, 0.4) is 0 Å². The summed E-state index contributed by atoms with van der Waals surface area (Å²) in [5.41, 5.74) is -2.95. The maximum absolute atomic E-state index is 13.6. The molecule has 0 saturated carbocycles. The lowest BCUT2D eigenvalue weighted by Gasteiger charge is -2.13. The van der Waals surface area contributed by atoms with Crippen molar-refractivity contribution in [3.05, 3.63) is 75.3 Å². The molecular weight excluding hydrogens is 403 g/mol. The van der Waals surface area contributed by atoms with E-state index in [0.717, 1.165) is 24.7 Å². The molecule has 12 heteroatoms. The predicted molar refractivity (Wildman–Crippen MR) is 92.4 cm³/mol. The number of hydrogen-bond donors (Lipinski definition) is 1. The van der Waals surface area contributed by atoms with Crippen LogP contribution in [0.4, 0.5) is 24.5 Å². The lowest BCUT2D eigenvalue weighted by Crippen LogP contribution is -2.21. The van der Waals surface area contributed by atoms with Crippen LogP contribution in [0, 0.1) is 10.1 Å². The molecule has 3 aromatic rings. The van der Waals surface area contributed by atoms with Crippen LogP contribution in [-0.4, -0.2) is 25.6 Å². The molecule has 1 N–H and O–H groups in total. The topological polar surface area (TPSA) is 103 Å². The summed E-state index contributed by atoms with van der Waals surface area (Å²) in [6, 6.07) is 6.46. The Hall–Kier alpha value is -3.47. The summed E-state index contributed by atoms with van der Waals surface area (Å²) in [5.74, 6) is -1.21. The van der Waals surface area contributed by atoms with Crippen LogP contribution in [0.2, 0.25) is 5.02 Å². The molecule has 0 aliphatic carbocycles. The lowest BCUT2D eigenvalue weighted by atomic mass is 10.2. The molecule has 28 heavy (non-hydrogen) atoms. The number of nitro groups is 1. The first-order valence-corrected chi connectivity index (χ1v) is 7.87. The quantitative estimate of drug-likeness (QED) is 0.514. The maximum Gasteiger partial charge on any atom is 0.434 e. The molecule has 0 aliphatic rings. The molecule has 0 radical (unpaired) electrons. The lowest BCUT2D eigenvalue weighted by molar-refractivity contribution is -0.384. The summed E-state index contributed by atoms with van der Waals surface area (Å²) in [6.07, 6.45) is -2.16. The van der Waals surface area contributed by atoms with Crippen molar-refractivity contribution >= 4 is 28.9 Å². The molecule has 0 saturated heterocycles. The first-order valence-electron chi connectivity index (χ1n) is 7.49. The third-order valence-electron chi connectivity index (χ3n) is 3.60. The Kier molecular flexibility index (Phi) is 5.01. The van der Waals surface area contributed by atoms with Gasteiger partial charge in [0.25, 0.3) is 5.91 Å². The number of rotatable bonds is 4. The predicted octanol–water partition coefficient (Wildman–Crippen LogP) is 4.10. The summed E-state index contributed by atoms with van der Waals surface area (Å²) < 4.78 is 41.4. The summed E-state index contributed by atoms with van der Waals surface area (Å²) in [6.45, 7) is 0. The third kappa shape index (κ3) is 3.78. The van der Waals surface area contributed by atoms with E-state index in [-0.39, 0.29) is 11.4 Å². The number of alkyl halides is 3. The molecule has 3 rings (SSSR count). The zero-order chi connectivity index (χ0) is 20.5. The van der Waals surface area contributed by atoms with Crippen molar-refractivity contribution in [2.75, 3.05) is 5.32 Å². The first-order chi connectivity index (χ1) is 13.2. The summed E-state index contributed by atoms with van der Waals surface area (Å²) in [5, 5.41) is 17.1. The number of hydrogen-bond acceptors (Lipinski definition) is 5. The molecule has 2 heterocycles. The number of nitrogens with zero attached hydrogens (tertiary/aromatic N) is 4. The number of carbonyl (C=O) groups excluding carboxylic acids is 1. The van der Waals surface area contributed by atoms with E-state index in [1.807, 2.05) is 0 Å². The van der Waals surface area contributed by atoms with Gasteiger partial charge in [-0.05, 0) is 30.3 Å². The summed E-state index contributed by atoms with van der Waals surface area (Å²) in [7, 11) is 0. The van der Waals surface area contributed by atoms with E-state index >= 15 is 0 Å². The van der Waals surface area contributed by atoms with Crippen molar-refractivity contribution in [2.45, 2.75) is 6.18 Å². The van der Waals surface area contributed by atoms with E-state index in [2.05, 4.69) is 15.4 Å². The minimum Gasteiger partial charge on any atom is -0.316 e. The Morgan fingerprint density at radius 3 is 2.46 bits per heavy atom. The number of amides is 1. The standard InChI is InChI=1S/C16H9ClF3N5O3/c17-9-1-3-10(4-2-9)24-14(16(18,19)20)11(7-22-24)15(26)23-12-5-6-21-8-13(12)25(27)28/h1-8H,(H,21,23,26). The zero-order valence-electron chi connectivity index (χ0n) is 13.6. The van der Waals surface area contributed by atoms with Gasteiger partial charge in [-0.2, -0.15) is 18.3 Å². The number of benzene rings is 1. The van der Waals surface area contributed by atoms with E-state index in [9.17, 15) is 28.1 Å². The third-order valence-corrected chi connectivity index (χ3v) is 3.85. The monoisotopic (exact) mass is 411 g/mol. The molecule has 0 atom stereocenters. The second-order valence-corrected chi connectivity index (χ2v) is 5.83. The summed E-state index contributed by atoms with van der Waals surface area (Å²) >= 11 is 5.74. The van der Waals surface area contributed by atoms with Gasteiger partial charge in [0.15, 0.2) is 5.69 Å². The van der Waals surface area contributed by atoms with Gasteiger partial charge >= 0.3 is 11.9 Å². The fourth-order valence-electron chi connectivity index (χ4n) is 2.39. The number of halogens is 4. The van der Waals surface area contributed by atoms with Crippen LogP contribution in [0.25, 0.3) is 5.69 Å². The molecule has 0 bridgehead atoms. The van der Waals surface area contributed by atoms with E-state index in [1.54, 1.807) is 0 Å². The average molecular weight is 412 g/mol. The maximum atomic E-state index is 13.6. The number of nitrogens with one attached hydrogen (secondary N) is 1. The minimum absolute atomic E-state index is 0.0330. The van der Waals surface area contributed by atoms with E-state index in [0.29, 0.717) is 9.70 Å². The van der Waals surface area contributed by atoms with Gasteiger partial charge in [0.05, 0.1) is 22.4 Å². The zero-order valence-corrected chi connectivity index (χ0v) is 14.4. The van der Waals surface area contributed by atoms with Gasteiger partial charge in [-0.3, -0.25) is 19.9 Å². The van der Waals surface area contributed by atoms with Crippen molar-refractivity contribution in [3.8, 4) is 5.69 Å². The smallest absolute Gasteiger partial charge is 0.316 e. The highest BCUT2D eigenvalue weighted by Crippen LogP contribution is 2.34. The van der Waals surface area contributed by atoms with Crippen molar-refractivity contribution in [1.82, 2.24) is 14.8 Å². The van der Waals surface area contributed by atoms with Gasteiger partial charge in [-0.15, -0.1) is 0 Å². The highest BCUT2D eigenvalue weighted by atomic mass is 35.5. The number of carbonyl (C=O) groups is 1. The molecule has 0 spiro atoms. The molecule has 0 fully saturated rings. The van der Waals surface area contributed by atoms with Gasteiger partial charge in [-0.25, -0.2) is 4.68 Å². The Morgan fingerprint density at radius 2 is 1.86 bits per heavy atom. The highest BCUT2D eigenvalue weighted by molar-refractivity contribution is 6.30. The van der Waals surface area contributed by atoms with Crippen LogP contribution in [-0.2, 0) is 6.18 Å².